The van der Waals surface area contributed by atoms with Gasteiger partial charge < -0.3 is 10.1 Å². The molecule has 7 heteroatoms. The monoisotopic (exact) mass is 355 g/mol. The van der Waals surface area contributed by atoms with Crippen LogP contribution in [0, 0.1) is 12.8 Å². The van der Waals surface area contributed by atoms with E-state index < -0.39 is 29.5 Å². The summed E-state index contributed by atoms with van der Waals surface area (Å²) in [6.45, 7) is 1.78. The second kappa shape index (κ2) is 6.04. The summed E-state index contributed by atoms with van der Waals surface area (Å²) >= 11 is 0. The molecule has 0 radical (unpaired) electrons. The van der Waals surface area contributed by atoms with E-state index in [2.05, 4.69) is 5.32 Å². The predicted octanol–water partition coefficient (Wildman–Crippen LogP) is 3.28. The standard InChI is InChI=1S/C18H20F3NO3/c1-10-9-12(25-2)3-4-13(10)14-15(23)17(22-16(14)24)7-5-11(6-8-17)18(19,20)21/h3-4,9,11,14H,5-8H2,1-2H3,(H,22,24). The number of hydrogen-bond donors (Lipinski definition) is 1. The molecule has 1 aliphatic carbocycles. The van der Waals surface area contributed by atoms with Crippen LogP contribution in [0.3, 0.4) is 0 Å². The molecule has 1 heterocycles. The van der Waals surface area contributed by atoms with E-state index in [0.717, 1.165) is 5.56 Å². The van der Waals surface area contributed by atoms with Crippen LogP contribution in [0.1, 0.15) is 42.7 Å². The first-order valence-electron chi connectivity index (χ1n) is 8.25. The molecular formula is C18H20F3NO3. The first kappa shape index (κ1) is 17.8. The van der Waals surface area contributed by atoms with E-state index in [1.807, 2.05) is 0 Å². The van der Waals surface area contributed by atoms with Gasteiger partial charge in [-0.25, -0.2) is 0 Å². The molecule has 1 aromatic rings. The number of carbonyl (C=O) groups excluding carboxylic acids is 2. The average Bonchev–Trinajstić information content (AvgIpc) is 2.78. The van der Waals surface area contributed by atoms with Gasteiger partial charge in [-0.1, -0.05) is 6.07 Å². The molecule has 1 saturated carbocycles. The van der Waals surface area contributed by atoms with E-state index in [9.17, 15) is 22.8 Å². The minimum Gasteiger partial charge on any atom is -0.497 e. The molecule has 1 amide bonds. The fourth-order valence-corrected chi connectivity index (χ4v) is 3.96. The molecule has 1 saturated heterocycles. The van der Waals surface area contributed by atoms with Crippen LogP contribution in [0.25, 0.3) is 0 Å². The van der Waals surface area contributed by atoms with E-state index in [0.29, 0.717) is 11.3 Å². The molecule has 1 aliphatic heterocycles. The number of alkyl halides is 3. The zero-order chi connectivity index (χ0) is 18.4. The fourth-order valence-electron chi connectivity index (χ4n) is 3.96. The minimum atomic E-state index is -4.25. The van der Waals surface area contributed by atoms with E-state index in [1.54, 1.807) is 25.1 Å². The molecule has 2 fully saturated rings. The highest BCUT2D eigenvalue weighted by molar-refractivity contribution is 6.17. The molecule has 2 aliphatic rings. The number of hydrogen-bond acceptors (Lipinski definition) is 3. The van der Waals surface area contributed by atoms with Crippen molar-refractivity contribution in [2.24, 2.45) is 5.92 Å². The third kappa shape index (κ3) is 3.00. The molecule has 4 nitrogen and oxygen atoms in total. The van der Waals surface area contributed by atoms with E-state index >= 15 is 0 Å². The molecule has 1 aromatic carbocycles. The number of ketones is 1. The number of benzene rings is 1. The highest BCUT2D eigenvalue weighted by atomic mass is 19.4. The second-order valence-electron chi connectivity index (χ2n) is 6.91. The summed E-state index contributed by atoms with van der Waals surface area (Å²) in [5, 5.41) is 2.71. The highest BCUT2D eigenvalue weighted by Crippen LogP contribution is 2.45. The van der Waals surface area contributed by atoms with Gasteiger partial charge >= 0.3 is 6.18 Å². The average molecular weight is 355 g/mol. The van der Waals surface area contributed by atoms with Crippen molar-refractivity contribution >= 4 is 11.7 Å². The van der Waals surface area contributed by atoms with Crippen molar-refractivity contribution in [2.75, 3.05) is 7.11 Å². The summed E-state index contributed by atoms with van der Waals surface area (Å²) in [4.78, 5) is 25.4. The van der Waals surface area contributed by atoms with Crippen LogP contribution in [-0.2, 0) is 9.59 Å². The molecule has 1 atom stereocenters. The van der Waals surface area contributed by atoms with E-state index in [4.69, 9.17) is 4.74 Å². The van der Waals surface area contributed by atoms with Crippen LogP contribution in [0.5, 0.6) is 5.75 Å². The van der Waals surface area contributed by atoms with Gasteiger partial charge in [0.15, 0.2) is 5.78 Å². The summed E-state index contributed by atoms with van der Waals surface area (Å²) in [6.07, 6.45) is -4.45. The van der Waals surface area contributed by atoms with E-state index in [1.165, 1.54) is 7.11 Å². The van der Waals surface area contributed by atoms with Gasteiger partial charge in [0, 0.05) is 0 Å². The number of methoxy groups -OCH3 is 1. The maximum absolute atomic E-state index is 13.0. The van der Waals surface area contributed by atoms with Crippen molar-refractivity contribution in [1.82, 2.24) is 5.32 Å². The largest absolute Gasteiger partial charge is 0.497 e. The Bertz CT molecular complexity index is 706. The molecule has 0 aromatic heterocycles. The van der Waals surface area contributed by atoms with Gasteiger partial charge in [-0.3, -0.25) is 9.59 Å². The molecule has 1 unspecified atom stereocenters. The van der Waals surface area contributed by atoms with Crippen molar-refractivity contribution in [1.29, 1.82) is 0 Å². The summed E-state index contributed by atoms with van der Waals surface area (Å²) in [5.41, 5.74) is 0.169. The lowest BCUT2D eigenvalue weighted by Crippen LogP contribution is -2.50. The third-order valence-corrected chi connectivity index (χ3v) is 5.45. The van der Waals surface area contributed by atoms with Crippen LogP contribution < -0.4 is 10.1 Å². The summed E-state index contributed by atoms with van der Waals surface area (Å²) in [6, 6.07) is 5.09. The van der Waals surface area contributed by atoms with Crippen molar-refractivity contribution < 1.29 is 27.5 Å². The van der Waals surface area contributed by atoms with E-state index in [-0.39, 0.29) is 31.5 Å². The van der Waals surface area contributed by atoms with Crippen molar-refractivity contribution in [3.05, 3.63) is 29.3 Å². The number of halogens is 3. The third-order valence-electron chi connectivity index (χ3n) is 5.45. The van der Waals surface area contributed by atoms with Gasteiger partial charge in [0.25, 0.3) is 0 Å². The minimum absolute atomic E-state index is 0.0352. The van der Waals surface area contributed by atoms with Gasteiger partial charge in [-0.2, -0.15) is 13.2 Å². The summed E-state index contributed by atoms with van der Waals surface area (Å²) < 4.78 is 43.7. The van der Waals surface area contributed by atoms with Gasteiger partial charge in [-0.15, -0.1) is 0 Å². The summed E-state index contributed by atoms with van der Waals surface area (Å²) in [5.74, 6) is -2.49. The quantitative estimate of drug-likeness (QED) is 0.829. The van der Waals surface area contributed by atoms with Gasteiger partial charge in [0.05, 0.1) is 18.6 Å². The number of nitrogens with one attached hydrogen (secondary N) is 1. The number of amides is 1. The van der Waals surface area contributed by atoms with Gasteiger partial charge in [0.1, 0.15) is 11.7 Å². The molecule has 1 N–H and O–H groups in total. The topological polar surface area (TPSA) is 55.4 Å². The molecule has 1 spiro atoms. The van der Waals surface area contributed by atoms with Gasteiger partial charge in [-0.05, 0) is 55.9 Å². The van der Waals surface area contributed by atoms with Crippen LogP contribution in [0.2, 0.25) is 0 Å². The van der Waals surface area contributed by atoms with Crippen molar-refractivity contribution in [3.8, 4) is 5.75 Å². The second-order valence-corrected chi connectivity index (χ2v) is 6.91. The Morgan fingerprint density at radius 2 is 1.84 bits per heavy atom. The first-order valence-corrected chi connectivity index (χ1v) is 8.25. The Morgan fingerprint density at radius 1 is 1.20 bits per heavy atom. The number of carbonyl (C=O) groups is 2. The van der Waals surface area contributed by atoms with Crippen LogP contribution in [0.15, 0.2) is 18.2 Å². The first-order chi connectivity index (χ1) is 11.7. The Labute approximate surface area is 143 Å². The number of ether oxygens (including phenoxy) is 1. The van der Waals surface area contributed by atoms with Crippen molar-refractivity contribution in [2.45, 2.75) is 50.2 Å². The maximum Gasteiger partial charge on any atom is 0.391 e. The fraction of sp³-hybridized carbons (Fsp3) is 0.556. The van der Waals surface area contributed by atoms with Crippen LogP contribution in [0.4, 0.5) is 13.2 Å². The zero-order valence-electron chi connectivity index (χ0n) is 14.1. The van der Waals surface area contributed by atoms with Crippen LogP contribution in [-0.4, -0.2) is 30.5 Å². The lowest BCUT2D eigenvalue weighted by atomic mass is 9.72. The Kier molecular flexibility index (Phi) is 4.29. The predicted molar refractivity (Wildman–Crippen MR) is 84.4 cm³/mol. The molecule has 3 rings (SSSR count). The Balaban J connectivity index is 1.84. The van der Waals surface area contributed by atoms with Crippen LogP contribution >= 0.6 is 0 Å². The van der Waals surface area contributed by atoms with Gasteiger partial charge in [0.2, 0.25) is 5.91 Å². The molecular weight excluding hydrogens is 335 g/mol. The maximum atomic E-state index is 13.0. The molecule has 0 bridgehead atoms. The normalized spacial score (nSPS) is 29.8. The Hall–Kier alpha value is -2.05. The number of Topliss-reactive ketones (excluding diaryl/α,β-unsaturated/α-hetero) is 1. The molecule has 136 valence electrons. The van der Waals surface area contributed by atoms with Crippen molar-refractivity contribution in [3.63, 3.8) is 0 Å². The highest BCUT2D eigenvalue weighted by Gasteiger charge is 2.56. The summed E-state index contributed by atoms with van der Waals surface area (Å²) in [7, 11) is 1.52. The lowest BCUT2D eigenvalue weighted by Gasteiger charge is -2.36. The number of aryl methyl sites for hydroxylation is 1. The zero-order valence-corrected chi connectivity index (χ0v) is 14.1. The SMILES string of the molecule is COc1ccc(C2C(=O)NC3(CCC(C(F)(F)F)CC3)C2=O)c(C)c1. The Morgan fingerprint density at radius 3 is 2.36 bits per heavy atom. The lowest BCUT2D eigenvalue weighted by molar-refractivity contribution is -0.185. The molecule has 25 heavy (non-hydrogen) atoms. The smallest absolute Gasteiger partial charge is 0.391 e. The number of rotatable bonds is 2.